The summed E-state index contributed by atoms with van der Waals surface area (Å²) in [5.41, 5.74) is 6.19. The quantitative estimate of drug-likeness (QED) is 0.764. The molecule has 2 amide bonds. The Bertz CT molecular complexity index is 435. The fourth-order valence-electron chi connectivity index (χ4n) is 1.15. The van der Waals surface area contributed by atoms with E-state index in [9.17, 15) is 9.59 Å². The van der Waals surface area contributed by atoms with E-state index in [4.69, 9.17) is 17.3 Å². The summed E-state index contributed by atoms with van der Waals surface area (Å²) in [6.45, 7) is 1.64. The molecule has 0 spiro atoms. The van der Waals surface area contributed by atoms with Gasteiger partial charge in [-0.15, -0.1) is 0 Å². The third-order valence-electron chi connectivity index (χ3n) is 2.03. The second kappa shape index (κ2) is 6.22. The highest BCUT2D eigenvalue weighted by Gasteiger charge is 2.06. The highest BCUT2D eigenvalue weighted by atomic mass is 35.5. The van der Waals surface area contributed by atoms with Crippen molar-refractivity contribution in [1.29, 1.82) is 0 Å². The molecule has 0 atom stereocenters. The maximum Gasteiger partial charge on any atom is 0.238 e. The van der Waals surface area contributed by atoms with Crippen LogP contribution in [0, 0.1) is 0 Å². The van der Waals surface area contributed by atoms with E-state index in [1.165, 1.54) is 0 Å². The van der Waals surface area contributed by atoms with Gasteiger partial charge in [-0.3, -0.25) is 9.59 Å². The van der Waals surface area contributed by atoms with Gasteiger partial charge < -0.3 is 16.4 Å². The van der Waals surface area contributed by atoms with Gasteiger partial charge in [0.05, 0.1) is 17.3 Å². The van der Waals surface area contributed by atoms with Gasteiger partial charge >= 0.3 is 0 Å². The minimum absolute atomic E-state index is 0.0979. The number of nitrogens with two attached hydrogens (primary N) is 1. The first kappa shape index (κ1) is 13.5. The van der Waals surface area contributed by atoms with Crippen LogP contribution in [0.1, 0.15) is 13.3 Å². The number of nitrogens with one attached hydrogen (secondary N) is 2. The number of amides is 2. The van der Waals surface area contributed by atoms with Crippen molar-refractivity contribution in [1.82, 2.24) is 0 Å². The van der Waals surface area contributed by atoms with Gasteiger partial charge in [0, 0.05) is 12.1 Å². The van der Waals surface area contributed by atoms with Gasteiger partial charge in [-0.05, 0) is 18.2 Å². The van der Waals surface area contributed by atoms with Crippen LogP contribution in [-0.2, 0) is 9.59 Å². The predicted octanol–water partition coefficient (Wildman–Crippen LogP) is 1.59. The number of benzene rings is 1. The van der Waals surface area contributed by atoms with Crippen LogP contribution in [0.25, 0.3) is 0 Å². The molecule has 0 fully saturated rings. The van der Waals surface area contributed by atoms with Crippen LogP contribution in [0.2, 0.25) is 5.02 Å². The number of rotatable bonds is 4. The predicted molar refractivity (Wildman–Crippen MR) is 68.1 cm³/mol. The molecule has 0 aliphatic heterocycles. The largest absolute Gasteiger partial charge is 0.325 e. The zero-order valence-corrected chi connectivity index (χ0v) is 10.2. The van der Waals surface area contributed by atoms with E-state index in [1.807, 2.05) is 0 Å². The van der Waals surface area contributed by atoms with Crippen LogP contribution in [0.4, 0.5) is 11.4 Å². The molecule has 0 radical (unpaired) electrons. The van der Waals surface area contributed by atoms with E-state index in [-0.39, 0.29) is 18.4 Å². The lowest BCUT2D eigenvalue weighted by Crippen LogP contribution is -2.21. The van der Waals surface area contributed by atoms with Crippen molar-refractivity contribution in [2.45, 2.75) is 13.3 Å². The minimum Gasteiger partial charge on any atom is -0.325 e. The van der Waals surface area contributed by atoms with E-state index in [1.54, 1.807) is 25.1 Å². The summed E-state index contributed by atoms with van der Waals surface area (Å²) in [5, 5.41) is 5.63. The molecule has 0 heterocycles. The maximum absolute atomic E-state index is 11.2. The normalized spacial score (nSPS) is 9.82. The summed E-state index contributed by atoms with van der Waals surface area (Å²) in [5.74, 6) is -0.450. The number of carbonyl (C=O) groups excluding carboxylic acids is 2. The molecule has 92 valence electrons. The lowest BCUT2D eigenvalue weighted by Gasteiger charge is -2.09. The Hall–Kier alpha value is -1.59. The van der Waals surface area contributed by atoms with Crippen molar-refractivity contribution in [3.05, 3.63) is 23.2 Å². The molecule has 1 rings (SSSR count). The van der Waals surface area contributed by atoms with Gasteiger partial charge in [0.25, 0.3) is 0 Å². The number of hydrogen-bond acceptors (Lipinski definition) is 3. The van der Waals surface area contributed by atoms with E-state index in [2.05, 4.69) is 10.6 Å². The second-order valence-electron chi connectivity index (χ2n) is 3.35. The van der Waals surface area contributed by atoms with Crippen molar-refractivity contribution in [3.8, 4) is 0 Å². The van der Waals surface area contributed by atoms with Gasteiger partial charge in [0.15, 0.2) is 0 Å². The molecular formula is C11H14ClN3O2. The molecule has 0 aliphatic carbocycles. The topological polar surface area (TPSA) is 84.2 Å². The fraction of sp³-hybridized carbons (Fsp3) is 0.273. The van der Waals surface area contributed by atoms with Gasteiger partial charge in [-0.25, -0.2) is 0 Å². The van der Waals surface area contributed by atoms with Crippen molar-refractivity contribution in [3.63, 3.8) is 0 Å². The maximum atomic E-state index is 11.2. The zero-order chi connectivity index (χ0) is 12.8. The molecule has 6 heteroatoms. The molecular weight excluding hydrogens is 242 g/mol. The van der Waals surface area contributed by atoms with Crippen molar-refractivity contribution < 1.29 is 9.59 Å². The molecule has 1 aromatic carbocycles. The van der Waals surface area contributed by atoms with Crippen LogP contribution in [0.5, 0.6) is 0 Å². The lowest BCUT2D eigenvalue weighted by molar-refractivity contribution is -0.116. The molecule has 0 saturated heterocycles. The standard InChI is InChI=1S/C11H14ClN3O2/c1-2-10(16)15-9-5-7(3-4-8(9)12)14-11(17)6-13/h3-5H,2,6,13H2,1H3,(H,14,17)(H,15,16). The fourth-order valence-corrected chi connectivity index (χ4v) is 1.31. The van der Waals surface area contributed by atoms with E-state index in [0.717, 1.165) is 0 Å². The summed E-state index contributed by atoms with van der Waals surface area (Å²) < 4.78 is 0. The molecule has 0 bridgehead atoms. The van der Waals surface area contributed by atoms with Crippen LogP contribution >= 0.6 is 11.6 Å². The molecule has 4 N–H and O–H groups in total. The Morgan fingerprint density at radius 3 is 2.59 bits per heavy atom. The van der Waals surface area contributed by atoms with Gasteiger partial charge in [-0.2, -0.15) is 0 Å². The molecule has 0 saturated carbocycles. The van der Waals surface area contributed by atoms with Gasteiger partial charge in [0.1, 0.15) is 0 Å². The first-order valence-electron chi connectivity index (χ1n) is 5.16. The summed E-state index contributed by atoms with van der Waals surface area (Å²) in [6.07, 6.45) is 0.357. The molecule has 0 aliphatic rings. The van der Waals surface area contributed by atoms with Crippen molar-refractivity contribution >= 4 is 34.8 Å². The van der Waals surface area contributed by atoms with Gasteiger partial charge in [0.2, 0.25) is 11.8 Å². The van der Waals surface area contributed by atoms with Crippen LogP contribution in [0.15, 0.2) is 18.2 Å². The first-order chi connectivity index (χ1) is 8.06. The Kier molecular flexibility index (Phi) is 4.93. The molecule has 17 heavy (non-hydrogen) atoms. The van der Waals surface area contributed by atoms with Gasteiger partial charge in [-0.1, -0.05) is 18.5 Å². The van der Waals surface area contributed by atoms with E-state index < -0.39 is 0 Å². The van der Waals surface area contributed by atoms with E-state index >= 15 is 0 Å². The Morgan fingerprint density at radius 2 is 2.00 bits per heavy atom. The second-order valence-corrected chi connectivity index (χ2v) is 3.76. The third kappa shape index (κ3) is 4.05. The number of carbonyl (C=O) groups is 2. The van der Waals surface area contributed by atoms with Crippen LogP contribution in [-0.4, -0.2) is 18.4 Å². The smallest absolute Gasteiger partial charge is 0.238 e. The summed E-state index contributed by atoms with van der Waals surface area (Å²) >= 11 is 5.92. The number of halogens is 1. The average molecular weight is 256 g/mol. The van der Waals surface area contributed by atoms with Crippen molar-refractivity contribution in [2.24, 2.45) is 5.73 Å². The highest BCUT2D eigenvalue weighted by molar-refractivity contribution is 6.33. The molecule has 1 aromatic rings. The SMILES string of the molecule is CCC(=O)Nc1cc(NC(=O)CN)ccc1Cl. The Morgan fingerprint density at radius 1 is 1.29 bits per heavy atom. The number of hydrogen-bond donors (Lipinski definition) is 3. The van der Waals surface area contributed by atoms with Crippen LogP contribution < -0.4 is 16.4 Å². The van der Waals surface area contributed by atoms with Crippen LogP contribution in [0.3, 0.4) is 0 Å². The van der Waals surface area contributed by atoms with Crippen molar-refractivity contribution in [2.75, 3.05) is 17.2 Å². The summed E-state index contributed by atoms with van der Waals surface area (Å²) in [6, 6.07) is 4.82. The number of anilines is 2. The molecule has 5 nitrogen and oxygen atoms in total. The average Bonchev–Trinajstić information content (AvgIpc) is 2.33. The first-order valence-corrected chi connectivity index (χ1v) is 5.54. The Balaban J connectivity index is 2.86. The summed E-state index contributed by atoms with van der Waals surface area (Å²) in [7, 11) is 0. The van der Waals surface area contributed by atoms with E-state index in [0.29, 0.717) is 22.8 Å². The Labute approximate surface area is 104 Å². The summed E-state index contributed by atoms with van der Waals surface area (Å²) in [4.78, 5) is 22.3. The molecule has 0 unspecified atom stereocenters. The highest BCUT2D eigenvalue weighted by Crippen LogP contribution is 2.25. The zero-order valence-electron chi connectivity index (χ0n) is 9.42. The minimum atomic E-state index is -0.305. The monoisotopic (exact) mass is 255 g/mol. The molecule has 0 aromatic heterocycles. The lowest BCUT2D eigenvalue weighted by atomic mass is 10.2. The third-order valence-corrected chi connectivity index (χ3v) is 2.36.